The van der Waals surface area contributed by atoms with Crippen LogP contribution >= 0.6 is 0 Å². The smallest absolute Gasteiger partial charge is 0.313 e. The van der Waals surface area contributed by atoms with Crippen LogP contribution in [0, 0.1) is 17.8 Å². The number of hydrogen-bond acceptors (Lipinski definition) is 10. The highest BCUT2D eigenvalue weighted by atomic mass is 16.6. The Bertz CT molecular complexity index is 1900. The Morgan fingerprint density at radius 3 is 2.57 bits per heavy atom. The highest BCUT2D eigenvalue weighted by molar-refractivity contribution is 5.99. The van der Waals surface area contributed by atoms with Gasteiger partial charge in [-0.25, -0.2) is 4.68 Å². The van der Waals surface area contributed by atoms with Crippen molar-refractivity contribution in [1.29, 1.82) is 0 Å². The number of likely N-dealkylation sites (tertiary alicyclic amines) is 1. The molecule has 7 rings (SSSR count). The minimum atomic E-state index is -1.57. The molecular weight excluding hydrogens is 680 g/mol. The molecule has 3 aromatic rings. The van der Waals surface area contributed by atoms with Gasteiger partial charge in [-0.1, -0.05) is 85.8 Å². The Hall–Kier alpha value is -4.92. The highest BCUT2D eigenvalue weighted by Crippen LogP contribution is 2.54. The standard InChI is InChI=1S/C39H46N6O8/c1-24(2)20-26(21-46)45-35-37(49)43(23-44-29-15-8-7-14-27(29)41-42-44)19-11-18-39(35)33(36(45)48)32-30(53-39)16-9-10-17-31(47)40-28(22-51-3)34(52-38(32)50)25-12-5-4-6-13-25/h4-9,11-16,18,24,26,28,30,32-35,46H,10,17,19-23H2,1-3H3,(H,40,47)/b16-9-/t26-,28-,30-,32+,33+,34-,35-,39+/m1/s1. The topological polar surface area (TPSA) is 165 Å². The lowest BCUT2D eigenvalue weighted by atomic mass is 9.77. The van der Waals surface area contributed by atoms with Gasteiger partial charge >= 0.3 is 5.97 Å². The average Bonchev–Trinajstić information content (AvgIpc) is 3.75. The summed E-state index contributed by atoms with van der Waals surface area (Å²) in [5, 5.41) is 22.3. The van der Waals surface area contributed by atoms with Gasteiger partial charge in [0.25, 0.3) is 5.91 Å². The third kappa shape index (κ3) is 6.75. The summed E-state index contributed by atoms with van der Waals surface area (Å²) in [6.07, 6.45) is 6.02. The second kappa shape index (κ2) is 15.2. The number of amides is 3. The molecule has 14 nitrogen and oxygen atoms in total. The van der Waals surface area contributed by atoms with Crippen LogP contribution in [-0.2, 0) is 40.1 Å². The van der Waals surface area contributed by atoms with Crippen molar-refractivity contribution in [2.24, 2.45) is 17.8 Å². The maximum atomic E-state index is 15.0. The largest absolute Gasteiger partial charge is 0.455 e. The number of carbonyl (C=O) groups is 4. The molecule has 0 bridgehead atoms. The number of allylic oxidation sites excluding steroid dienone is 1. The molecule has 2 aromatic carbocycles. The zero-order valence-corrected chi connectivity index (χ0v) is 30.1. The van der Waals surface area contributed by atoms with Crippen molar-refractivity contribution in [2.75, 3.05) is 26.9 Å². The van der Waals surface area contributed by atoms with Crippen molar-refractivity contribution in [3.8, 4) is 0 Å². The molecular formula is C39H46N6O8. The first kappa shape index (κ1) is 36.4. The molecule has 5 heterocycles. The lowest BCUT2D eigenvalue weighted by Crippen LogP contribution is -2.58. The van der Waals surface area contributed by atoms with E-state index in [0.717, 1.165) is 5.52 Å². The maximum Gasteiger partial charge on any atom is 0.313 e. The Morgan fingerprint density at radius 1 is 1.04 bits per heavy atom. The fraction of sp³-hybridized carbons (Fsp3) is 0.487. The zero-order chi connectivity index (χ0) is 37.3. The lowest BCUT2D eigenvalue weighted by Gasteiger charge is -2.39. The van der Waals surface area contributed by atoms with Crippen LogP contribution in [0.1, 0.15) is 44.8 Å². The molecule has 0 radical (unpaired) electrons. The zero-order valence-electron chi connectivity index (χ0n) is 30.1. The number of methoxy groups -OCH3 is 1. The summed E-state index contributed by atoms with van der Waals surface area (Å²) < 4.78 is 20.3. The van der Waals surface area contributed by atoms with Gasteiger partial charge in [-0.2, -0.15) is 0 Å². The van der Waals surface area contributed by atoms with E-state index in [1.165, 1.54) is 12.0 Å². The molecule has 1 spiro atoms. The Labute approximate surface area is 307 Å². The molecule has 0 saturated carbocycles. The van der Waals surface area contributed by atoms with Crippen molar-refractivity contribution in [2.45, 2.75) is 75.7 Å². The molecule has 0 aliphatic carbocycles. The average molecular weight is 727 g/mol. The summed E-state index contributed by atoms with van der Waals surface area (Å²) in [4.78, 5) is 60.8. The number of cyclic esters (lactones) is 1. The molecule has 280 valence electrons. The molecule has 2 saturated heterocycles. The van der Waals surface area contributed by atoms with Crippen LogP contribution in [0.3, 0.4) is 0 Å². The van der Waals surface area contributed by atoms with Crippen LogP contribution in [0.15, 0.2) is 78.9 Å². The third-order valence-electron chi connectivity index (χ3n) is 10.7. The number of aliphatic hydroxyl groups excluding tert-OH is 1. The number of aromatic nitrogens is 3. The van der Waals surface area contributed by atoms with Crippen molar-refractivity contribution >= 4 is 34.7 Å². The predicted octanol–water partition coefficient (Wildman–Crippen LogP) is 2.54. The Morgan fingerprint density at radius 2 is 1.81 bits per heavy atom. The number of nitrogens with zero attached hydrogens (tertiary/aromatic N) is 5. The predicted molar refractivity (Wildman–Crippen MR) is 191 cm³/mol. The first-order valence-electron chi connectivity index (χ1n) is 18.2. The van der Waals surface area contributed by atoms with E-state index in [-0.39, 0.29) is 44.7 Å². The van der Waals surface area contributed by atoms with Crippen molar-refractivity contribution in [1.82, 2.24) is 30.1 Å². The number of rotatable bonds is 9. The second-order valence-corrected chi connectivity index (χ2v) is 14.6. The fourth-order valence-electron chi connectivity index (χ4n) is 8.40. The van der Waals surface area contributed by atoms with E-state index in [0.29, 0.717) is 23.9 Å². The summed E-state index contributed by atoms with van der Waals surface area (Å²) in [7, 11) is 1.50. The molecule has 0 unspecified atom stereocenters. The molecule has 2 fully saturated rings. The number of benzene rings is 2. The quantitative estimate of drug-likeness (QED) is 0.247. The van der Waals surface area contributed by atoms with E-state index in [1.54, 1.807) is 46.0 Å². The number of aliphatic hydroxyl groups is 1. The summed E-state index contributed by atoms with van der Waals surface area (Å²) in [5.74, 6) is -4.05. The molecule has 1 aromatic heterocycles. The van der Waals surface area contributed by atoms with Gasteiger partial charge in [0.1, 0.15) is 35.9 Å². The monoisotopic (exact) mass is 726 g/mol. The number of nitrogens with one attached hydrogen (secondary N) is 1. The molecule has 14 heteroatoms. The summed E-state index contributed by atoms with van der Waals surface area (Å²) in [6, 6.07) is 13.8. The van der Waals surface area contributed by atoms with Crippen molar-refractivity contribution in [3.05, 3.63) is 84.5 Å². The highest BCUT2D eigenvalue weighted by Gasteiger charge is 2.72. The van der Waals surface area contributed by atoms with E-state index < -0.39 is 65.6 Å². The van der Waals surface area contributed by atoms with Crippen LogP contribution in [0.4, 0.5) is 0 Å². The van der Waals surface area contributed by atoms with Gasteiger partial charge in [0.15, 0.2) is 0 Å². The second-order valence-electron chi connectivity index (χ2n) is 14.6. The van der Waals surface area contributed by atoms with E-state index in [9.17, 15) is 19.5 Å². The maximum absolute atomic E-state index is 15.0. The number of hydrogen-bond donors (Lipinski definition) is 2. The Balaban J connectivity index is 1.32. The SMILES string of the molecule is COC[C@H]1NC(=O)CC/C=C\[C@H]2O[C@]34C=CCN(Cn5nnc6ccccc65)C(=O)[C@H]3N([C@@H](CO)CC(C)C)C(=O)[C@@H]4[C@H]2C(=O)O[C@@H]1c1ccccc1. The summed E-state index contributed by atoms with van der Waals surface area (Å²) in [6.45, 7) is 3.86. The molecule has 3 amide bonds. The van der Waals surface area contributed by atoms with Crippen LogP contribution in [0.2, 0.25) is 0 Å². The third-order valence-corrected chi connectivity index (χ3v) is 10.7. The van der Waals surface area contributed by atoms with Gasteiger partial charge in [0, 0.05) is 20.1 Å². The number of para-hydroxylation sites is 1. The first-order chi connectivity index (χ1) is 25.7. The van der Waals surface area contributed by atoms with Gasteiger partial charge < -0.3 is 34.4 Å². The lowest BCUT2D eigenvalue weighted by molar-refractivity contribution is -0.163. The van der Waals surface area contributed by atoms with E-state index in [4.69, 9.17) is 14.2 Å². The number of esters is 1. The number of carbonyl (C=O) groups excluding carboxylic acids is 4. The van der Waals surface area contributed by atoms with Crippen LogP contribution in [0.5, 0.6) is 0 Å². The number of ether oxygens (including phenoxy) is 3. The van der Waals surface area contributed by atoms with E-state index >= 15 is 4.79 Å². The summed E-state index contributed by atoms with van der Waals surface area (Å²) >= 11 is 0. The van der Waals surface area contributed by atoms with Crippen LogP contribution in [0.25, 0.3) is 11.0 Å². The molecule has 2 N–H and O–H groups in total. The molecule has 53 heavy (non-hydrogen) atoms. The van der Waals surface area contributed by atoms with Gasteiger partial charge in [-0.05, 0) is 36.5 Å². The fourth-order valence-corrected chi connectivity index (χ4v) is 8.40. The molecule has 4 aliphatic heterocycles. The minimum Gasteiger partial charge on any atom is -0.455 e. The Kier molecular flexibility index (Phi) is 10.5. The van der Waals surface area contributed by atoms with Crippen molar-refractivity contribution < 1.29 is 38.5 Å². The van der Waals surface area contributed by atoms with Crippen LogP contribution < -0.4 is 5.32 Å². The van der Waals surface area contributed by atoms with Gasteiger partial charge in [0.05, 0.1) is 42.8 Å². The van der Waals surface area contributed by atoms with Crippen LogP contribution in [-0.4, -0.2) is 110 Å². The molecule has 8 atom stereocenters. The summed E-state index contributed by atoms with van der Waals surface area (Å²) in [5.41, 5.74) is 0.480. The first-order valence-corrected chi connectivity index (χ1v) is 18.2. The van der Waals surface area contributed by atoms with Gasteiger partial charge in [-0.3, -0.25) is 19.2 Å². The number of fused-ring (bicyclic) bond motifs is 3. The normalized spacial score (nSPS) is 30.2. The minimum absolute atomic E-state index is 0.0480. The van der Waals surface area contributed by atoms with E-state index in [1.807, 2.05) is 56.3 Å². The van der Waals surface area contributed by atoms with Gasteiger partial charge in [0.2, 0.25) is 11.8 Å². The van der Waals surface area contributed by atoms with Gasteiger partial charge in [-0.15, -0.1) is 5.10 Å². The van der Waals surface area contributed by atoms with E-state index in [2.05, 4.69) is 15.6 Å². The molecule has 4 aliphatic rings. The van der Waals surface area contributed by atoms with Crippen molar-refractivity contribution in [3.63, 3.8) is 0 Å².